The van der Waals surface area contributed by atoms with Gasteiger partial charge in [0.15, 0.2) is 0 Å². The molecule has 0 bridgehead atoms. The Morgan fingerprint density at radius 3 is 2.21 bits per heavy atom. The third kappa shape index (κ3) is 8.92. The molecule has 0 fully saturated rings. The van der Waals surface area contributed by atoms with Crippen LogP contribution in [0.2, 0.25) is 0 Å². The number of fused-ring (bicyclic) bond motifs is 1. The summed E-state index contributed by atoms with van der Waals surface area (Å²) >= 11 is 0. The van der Waals surface area contributed by atoms with Crippen LogP contribution in [0.5, 0.6) is 5.75 Å². The van der Waals surface area contributed by atoms with Crippen LogP contribution in [0, 0.1) is 0 Å². The van der Waals surface area contributed by atoms with Crippen LogP contribution in [-0.2, 0) is 0 Å². The molecule has 0 aliphatic rings. The molecule has 0 saturated heterocycles. The summed E-state index contributed by atoms with van der Waals surface area (Å²) in [6.07, 6.45) is 13.7. The zero-order valence-corrected chi connectivity index (χ0v) is 17.8. The molecule has 0 aliphatic heterocycles. The second kappa shape index (κ2) is 13.4. The standard InChI is InChI=1S/C24H37NO3/c1-3-4-5-6-7-8-9-10-11-12-17-25(2)18-19-27-22-15-13-21-14-16-24(26)28-23(21)20-22/h13-16,20H,3-12,17-19H2,1-2H3. The highest BCUT2D eigenvalue weighted by molar-refractivity contribution is 5.77. The Morgan fingerprint density at radius 1 is 0.857 bits per heavy atom. The molecule has 1 aromatic heterocycles. The van der Waals surface area contributed by atoms with Crippen LogP contribution in [-0.4, -0.2) is 31.6 Å². The molecule has 1 aromatic carbocycles. The smallest absolute Gasteiger partial charge is 0.336 e. The van der Waals surface area contributed by atoms with E-state index < -0.39 is 0 Å². The molecule has 0 saturated carbocycles. The fourth-order valence-electron chi connectivity index (χ4n) is 3.43. The van der Waals surface area contributed by atoms with Gasteiger partial charge in [-0.05, 0) is 38.2 Å². The maximum absolute atomic E-state index is 11.3. The van der Waals surface area contributed by atoms with Crippen molar-refractivity contribution in [1.82, 2.24) is 4.90 Å². The molecular formula is C24H37NO3. The van der Waals surface area contributed by atoms with Gasteiger partial charge in [-0.3, -0.25) is 0 Å². The number of nitrogens with zero attached hydrogens (tertiary/aromatic N) is 1. The zero-order valence-electron chi connectivity index (χ0n) is 17.8. The fraction of sp³-hybridized carbons (Fsp3) is 0.625. The largest absolute Gasteiger partial charge is 0.492 e. The summed E-state index contributed by atoms with van der Waals surface area (Å²) in [4.78, 5) is 13.6. The Balaban J connectivity index is 1.51. The summed E-state index contributed by atoms with van der Waals surface area (Å²) in [7, 11) is 2.15. The van der Waals surface area contributed by atoms with Crippen molar-refractivity contribution < 1.29 is 9.15 Å². The number of hydrogen-bond acceptors (Lipinski definition) is 4. The molecule has 0 radical (unpaired) electrons. The molecule has 2 aromatic rings. The monoisotopic (exact) mass is 387 g/mol. The average Bonchev–Trinajstić information content (AvgIpc) is 2.69. The van der Waals surface area contributed by atoms with Gasteiger partial charge >= 0.3 is 5.63 Å². The third-order valence-electron chi connectivity index (χ3n) is 5.23. The maximum Gasteiger partial charge on any atom is 0.336 e. The lowest BCUT2D eigenvalue weighted by atomic mass is 10.1. The summed E-state index contributed by atoms with van der Waals surface area (Å²) in [5, 5.41) is 0.907. The van der Waals surface area contributed by atoms with E-state index in [2.05, 4.69) is 18.9 Å². The Bertz CT molecular complexity index is 725. The molecule has 156 valence electrons. The molecule has 0 atom stereocenters. The summed E-state index contributed by atoms with van der Waals surface area (Å²) in [6, 6.07) is 8.83. The number of benzene rings is 1. The number of ether oxygens (including phenoxy) is 1. The van der Waals surface area contributed by atoms with Crippen molar-refractivity contribution in [3.05, 3.63) is 40.8 Å². The molecule has 2 rings (SSSR count). The van der Waals surface area contributed by atoms with Gasteiger partial charge in [0.05, 0.1) is 0 Å². The Morgan fingerprint density at radius 2 is 1.50 bits per heavy atom. The molecule has 0 aliphatic carbocycles. The van der Waals surface area contributed by atoms with E-state index >= 15 is 0 Å². The minimum absolute atomic E-state index is 0.333. The molecule has 0 amide bonds. The number of rotatable bonds is 15. The van der Waals surface area contributed by atoms with Crippen molar-refractivity contribution in [2.75, 3.05) is 26.7 Å². The van der Waals surface area contributed by atoms with Gasteiger partial charge in [-0.15, -0.1) is 0 Å². The summed E-state index contributed by atoms with van der Waals surface area (Å²) < 4.78 is 11.0. The van der Waals surface area contributed by atoms with Crippen LogP contribution in [0.4, 0.5) is 0 Å². The predicted molar refractivity (Wildman–Crippen MR) is 117 cm³/mol. The zero-order chi connectivity index (χ0) is 20.0. The van der Waals surface area contributed by atoms with Crippen molar-refractivity contribution in [2.45, 2.75) is 71.1 Å². The Kier molecular flexibility index (Phi) is 10.7. The van der Waals surface area contributed by atoms with Crippen molar-refractivity contribution >= 4 is 11.0 Å². The van der Waals surface area contributed by atoms with E-state index in [-0.39, 0.29) is 5.63 Å². The minimum Gasteiger partial charge on any atom is -0.492 e. The predicted octanol–water partition coefficient (Wildman–Crippen LogP) is 6.02. The number of unbranched alkanes of at least 4 members (excludes halogenated alkanes) is 9. The van der Waals surface area contributed by atoms with Gasteiger partial charge in [0.2, 0.25) is 0 Å². The van der Waals surface area contributed by atoms with Crippen molar-refractivity contribution in [1.29, 1.82) is 0 Å². The maximum atomic E-state index is 11.3. The Labute approximate surface area is 169 Å². The van der Waals surface area contributed by atoms with E-state index in [1.165, 1.54) is 70.3 Å². The molecule has 1 heterocycles. The minimum atomic E-state index is -0.333. The highest BCUT2D eigenvalue weighted by Crippen LogP contribution is 2.19. The van der Waals surface area contributed by atoms with Crippen LogP contribution in [0.1, 0.15) is 71.1 Å². The first-order chi connectivity index (χ1) is 13.7. The van der Waals surface area contributed by atoms with Crippen LogP contribution >= 0.6 is 0 Å². The van der Waals surface area contributed by atoms with Gasteiger partial charge in [-0.2, -0.15) is 0 Å². The van der Waals surface area contributed by atoms with Gasteiger partial charge in [0, 0.05) is 24.1 Å². The first-order valence-electron chi connectivity index (χ1n) is 11.0. The summed E-state index contributed by atoms with van der Waals surface area (Å²) in [5.41, 5.74) is 0.240. The first kappa shape index (κ1) is 22.5. The number of likely N-dealkylation sites (N-methyl/N-ethyl adjacent to an activating group) is 1. The third-order valence-corrected chi connectivity index (χ3v) is 5.23. The van der Waals surface area contributed by atoms with Crippen molar-refractivity contribution in [3.63, 3.8) is 0 Å². The van der Waals surface area contributed by atoms with Crippen LogP contribution in [0.15, 0.2) is 39.5 Å². The molecule has 4 heteroatoms. The van der Waals surface area contributed by atoms with Crippen molar-refractivity contribution in [2.24, 2.45) is 0 Å². The SMILES string of the molecule is CCCCCCCCCCCCN(C)CCOc1ccc2ccc(=O)oc2c1. The van der Waals surface area contributed by atoms with Gasteiger partial charge in [-0.25, -0.2) is 4.79 Å². The second-order valence-corrected chi connectivity index (χ2v) is 7.79. The fourth-order valence-corrected chi connectivity index (χ4v) is 3.43. The van der Waals surface area contributed by atoms with E-state index in [1.807, 2.05) is 12.1 Å². The summed E-state index contributed by atoms with van der Waals surface area (Å²) in [5.74, 6) is 0.745. The lowest BCUT2D eigenvalue weighted by molar-refractivity contribution is 0.234. The molecule has 28 heavy (non-hydrogen) atoms. The molecule has 0 spiro atoms. The molecule has 0 unspecified atom stereocenters. The highest BCUT2D eigenvalue weighted by atomic mass is 16.5. The van der Waals surface area contributed by atoms with E-state index in [9.17, 15) is 4.79 Å². The van der Waals surface area contributed by atoms with E-state index in [0.717, 1.165) is 24.2 Å². The molecular weight excluding hydrogens is 350 g/mol. The topological polar surface area (TPSA) is 42.7 Å². The van der Waals surface area contributed by atoms with E-state index in [0.29, 0.717) is 12.2 Å². The van der Waals surface area contributed by atoms with Gasteiger partial charge in [0.25, 0.3) is 0 Å². The van der Waals surface area contributed by atoms with E-state index in [1.54, 1.807) is 12.1 Å². The molecule has 4 nitrogen and oxygen atoms in total. The van der Waals surface area contributed by atoms with Gasteiger partial charge in [0.1, 0.15) is 17.9 Å². The van der Waals surface area contributed by atoms with Crippen LogP contribution < -0.4 is 10.4 Å². The number of hydrogen-bond donors (Lipinski definition) is 0. The normalized spacial score (nSPS) is 11.4. The lowest BCUT2D eigenvalue weighted by Crippen LogP contribution is -2.25. The Hall–Kier alpha value is -1.81. The summed E-state index contributed by atoms with van der Waals surface area (Å²) in [6.45, 7) is 4.92. The van der Waals surface area contributed by atoms with E-state index in [4.69, 9.17) is 9.15 Å². The van der Waals surface area contributed by atoms with Crippen LogP contribution in [0.3, 0.4) is 0 Å². The van der Waals surface area contributed by atoms with Gasteiger partial charge in [-0.1, -0.05) is 64.7 Å². The van der Waals surface area contributed by atoms with Crippen molar-refractivity contribution in [3.8, 4) is 5.75 Å². The highest BCUT2D eigenvalue weighted by Gasteiger charge is 2.02. The quantitative estimate of drug-likeness (QED) is 0.277. The molecule has 0 N–H and O–H groups in total. The first-order valence-corrected chi connectivity index (χ1v) is 11.0. The average molecular weight is 388 g/mol. The second-order valence-electron chi connectivity index (χ2n) is 7.79. The van der Waals surface area contributed by atoms with Gasteiger partial charge < -0.3 is 14.1 Å². The lowest BCUT2D eigenvalue weighted by Gasteiger charge is -2.17. The van der Waals surface area contributed by atoms with Crippen LogP contribution in [0.25, 0.3) is 11.0 Å².